The summed E-state index contributed by atoms with van der Waals surface area (Å²) in [6, 6.07) is 0.692. The van der Waals surface area contributed by atoms with Gasteiger partial charge in [-0.2, -0.15) is 0 Å². The third kappa shape index (κ3) is 3.97. The Hall–Kier alpha value is -0.0800. The average Bonchev–Trinajstić information content (AvgIpc) is 2.21. The van der Waals surface area contributed by atoms with Crippen LogP contribution in [-0.4, -0.2) is 37.6 Å². The summed E-state index contributed by atoms with van der Waals surface area (Å²) in [5, 5.41) is 3.33. The summed E-state index contributed by atoms with van der Waals surface area (Å²) in [5.41, 5.74) is 0. The van der Waals surface area contributed by atoms with E-state index >= 15 is 0 Å². The lowest BCUT2D eigenvalue weighted by molar-refractivity contribution is 0.173. The molecule has 84 valence electrons. The van der Waals surface area contributed by atoms with E-state index < -0.39 is 0 Å². The molecule has 0 saturated carbocycles. The van der Waals surface area contributed by atoms with Crippen molar-refractivity contribution in [2.24, 2.45) is 5.92 Å². The molecule has 0 spiro atoms. The van der Waals surface area contributed by atoms with Crippen LogP contribution in [-0.2, 0) is 0 Å². The van der Waals surface area contributed by atoms with E-state index in [0.29, 0.717) is 6.04 Å². The van der Waals surface area contributed by atoms with Gasteiger partial charge in [-0.15, -0.1) is 0 Å². The number of hydrogen-bond donors (Lipinski definition) is 1. The van der Waals surface area contributed by atoms with Crippen molar-refractivity contribution in [1.29, 1.82) is 0 Å². The van der Waals surface area contributed by atoms with Gasteiger partial charge < -0.3 is 10.2 Å². The second-order valence-electron chi connectivity index (χ2n) is 4.71. The minimum Gasteiger partial charge on any atom is -0.317 e. The van der Waals surface area contributed by atoms with Gasteiger partial charge in [0, 0.05) is 6.04 Å². The third-order valence-electron chi connectivity index (χ3n) is 3.43. The number of piperidine rings is 1. The molecule has 2 nitrogen and oxygen atoms in total. The number of hydrogen-bond acceptors (Lipinski definition) is 2. The largest absolute Gasteiger partial charge is 0.317 e. The molecule has 0 aromatic rings. The molecule has 0 radical (unpaired) electrons. The van der Waals surface area contributed by atoms with Gasteiger partial charge in [0.05, 0.1) is 0 Å². The first kappa shape index (κ1) is 12.0. The second-order valence-corrected chi connectivity index (χ2v) is 4.71. The number of nitrogens with zero attached hydrogens (tertiary/aromatic N) is 1. The number of rotatable bonds is 5. The molecule has 0 aliphatic carbocycles. The maximum absolute atomic E-state index is 3.33. The fourth-order valence-corrected chi connectivity index (χ4v) is 2.38. The Morgan fingerprint density at radius 2 is 2.00 bits per heavy atom. The predicted molar refractivity (Wildman–Crippen MR) is 62.6 cm³/mol. The van der Waals surface area contributed by atoms with Crippen LogP contribution in [0.3, 0.4) is 0 Å². The molecule has 1 rings (SSSR count). The average molecular weight is 198 g/mol. The lowest BCUT2D eigenvalue weighted by Crippen LogP contribution is -2.36. The Balaban J connectivity index is 2.15. The molecule has 1 fully saturated rings. The third-order valence-corrected chi connectivity index (χ3v) is 3.43. The van der Waals surface area contributed by atoms with Crippen molar-refractivity contribution in [3.63, 3.8) is 0 Å². The van der Waals surface area contributed by atoms with E-state index in [1.54, 1.807) is 0 Å². The molecule has 0 aromatic carbocycles. The summed E-state index contributed by atoms with van der Waals surface area (Å²) in [6.07, 6.45) is 5.48. The van der Waals surface area contributed by atoms with Crippen LogP contribution in [0.1, 0.15) is 39.5 Å². The summed E-state index contributed by atoms with van der Waals surface area (Å²) in [7, 11) is 2.07. The van der Waals surface area contributed by atoms with Crippen LogP contribution >= 0.6 is 0 Å². The highest BCUT2D eigenvalue weighted by atomic mass is 15.1. The molecule has 1 aliphatic heterocycles. The van der Waals surface area contributed by atoms with Crippen LogP contribution in [0.25, 0.3) is 0 Å². The van der Waals surface area contributed by atoms with Crippen molar-refractivity contribution in [1.82, 2.24) is 10.2 Å². The van der Waals surface area contributed by atoms with Crippen molar-refractivity contribution in [3.8, 4) is 0 Å². The molecule has 14 heavy (non-hydrogen) atoms. The molecule has 1 N–H and O–H groups in total. The minimum absolute atomic E-state index is 0.692. The summed E-state index contributed by atoms with van der Waals surface area (Å²) < 4.78 is 0. The Kier molecular flexibility index (Phi) is 5.49. The van der Waals surface area contributed by atoms with E-state index in [1.807, 2.05) is 0 Å². The van der Waals surface area contributed by atoms with Gasteiger partial charge in [0.25, 0.3) is 0 Å². The van der Waals surface area contributed by atoms with Crippen LogP contribution in [0.15, 0.2) is 0 Å². The summed E-state index contributed by atoms with van der Waals surface area (Å²) in [6.45, 7) is 8.52. The Labute approximate surface area is 89.1 Å². The normalized spacial score (nSPS) is 22.5. The Morgan fingerprint density at radius 1 is 1.36 bits per heavy atom. The fraction of sp³-hybridized carbons (Fsp3) is 1.00. The van der Waals surface area contributed by atoms with Crippen LogP contribution < -0.4 is 5.32 Å². The van der Waals surface area contributed by atoms with E-state index in [9.17, 15) is 0 Å². The molecule has 1 saturated heterocycles. The zero-order valence-electron chi connectivity index (χ0n) is 10.1. The number of likely N-dealkylation sites (tertiary alicyclic amines) is 1. The lowest BCUT2D eigenvalue weighted by atomic mass is 9.90. The number of nitrogens with one attached hydrogen (secondary N) is 1. The van der Waals surface area contributed by atoms with E-state index in [4.69, 9.17) is 0 Å². The molecule has 1 atom stereocenters. The fourth-order valence-electron chi connectivity index (χ4n) is 2.38. The molecular formula is C12H26N2. The quantitative estimate of drug-likeness (QED) is 0.728. The molecule has 0 amide bonds. The molecule has 0 bridgehead atoms. The summed E-state index contributed by atoms with van der Waals surface area (Å²) in [4.78, 5) is 2.61. The van der Waals surface area contributed by atoms with Gasteiger partial charge in [0.1, 0.15) is 0 Å². The highest BCUT2D eigenvalue weighted by molar-refractivity contribution is 4.75. The molecule has 1 unspecified atom stereocenters. The van der Waals surface area contributed by atoms with E-state index in [-0.39, 0.29) is 0 Å². The zero-order chi connectivity index (χ0) is 10.4. The first-order valence-corrected chi connectivity index (χ1v) is 6.15. The van der Waals surface area contributed by atoms with Gasteiger partial charge in [-0.05, 0) is 65.2 Å². The van der Waals surface area contributed by atoms with Gasteiger partial charge in [-0.25, -0.2) is 0 Å². The summed E-state index contributed by atoms with van der Waals surface area (Å²) in [5.74, 6) is 0.963. The van der Waals surface area contributed by atoms with Crippen LogP contribution in [0.2, 0.25) is 0 Å². The SMILES string of the molecule is CCCN1CCC(CC(C)NC)CC1. The first-order valence-electron chi connectivity index (χ1n) is 6.15. The lowest BCUT2D eigenvalue weighted by Gasteiger charge is -2.32. The molecule has 1 heterocycles. The van der Waals surface area contributed by atoms with Crippen LogP contribution in [0, 0.1) is 5.92 Å². The maximum atomic E-state index is 3.33. The molecule has 0 aromatic heterocycles. The van der Waals surface area contributed by atoms with Gasteiger partial charge in [0.15, 0.2) is 0 Å². The monoisotopic (exact) mass is 198 g/mol. The Bertz CT molecular complexity index is 139. The van der Waals surface area contributed by atoms with Crippen LogP contribution in [0.4, 0.5) is 0 Å². The van der Waals surface area contributed by atoms with Crippen molar-refractivity contribution in [2.45, 2.75) is 45.6 Å². The van der Waals surface area contributed by atoms with Crippen molar-refractivity contribution in [3.05, 3.63) is 0 Å². The van der Waals surface area contributed by atoms with Gasteiger partial charge in [-0.1, -0.05) is 6.92 Å². The highest BCUT2D eigenvalue weighted by Gasteiger charge is 2.19. The van der Waals surface area contributed by atoms with Crippen LogP contribution in [0.5, 0.6) is 0 Å². The maximum Gasteiger partial charge on any atom is 0.00383 e. The van der Waals surface area contributed by atoms with E-state index in [0.717, 1.165) is 5.92 Å². The first-order chi connectivity index (χ1) is 6.76. The molecule has 2 heteroatoms. The molecule has 1 aliphatic rings. The second kappa shape index (κ2) is 6.41. The molecular weight excluding hydrogens is 172 g/mol. The minimum atomic E-state index is 0.692. The van der Waals surface area contributed by atoms with E-state index in [2.05, 4.69) is 31.1 Å². The summed E-state index contributed by atoms with van der Waals surface area (Å²) >= 11 is 0. The smallest absolute Gasteiger partial charge is 0.00383 e. The topological polar surface area (TPSA) is 15.3 Å². The predicted octanol–water partition coefficient (Wildman–Crippen LogP) is 2.11. The van der Waals surface area contributed by atoms with Crippen molar-refractivity contribution < 1.29 is 0 Å². The highest BCUT2D eigenvalue weighted by Crippen LogP contribution is 2.21. The standard InChI is InChI=1S/C12H26N2/c1-4-7-14-8-5-12(6-9-14)10-11(2)13-3/h11-13H,4-10H2,1-3H3. The van der Waals surface area contributed by atoms with Gasteiger partial charge >= 0.3 is 0 Å². The van der Waals surface area contributed by atoms with Crippen molar-refractivity contribution >= 4 is 0 Å². The van der Waals surface area contributed by atoms with E-state index in [1.165, 1.54) is 45.3 Å². The van der Waals surface area contributed by atoms with Crippen molar-refractivity contribution in [2.75, 3.05) is 26.7 Å². The Morgan fingerprint density at radius 3 is 2.50 bits per heavy atom. The van der Waals surface area contributed by atoms with Gasteiger partial charge in [0.2, 0.25) is 0 Å². The van der Waals surface area contributed by atoms with Gasteiger partial charge in [-0.3, -0.25) is 0 Å². The zero-order valence-corrected chi connectivity index (χ0v) is 10.1.